The van der Waals surface area contributed by atoms with Crippen LogP contribution in [0.3, 0.4) is 0 Å². The molecule has 0 aliphatic heterocycles. The van der Waals surface area contributed by atoms with Crippen molar-refractivity contribution in [3.63, 3.8) is 0 Å². The maximum absolute atomic E-state index is 4.14. The van der Waals surface area contributed by atoms with Gasteiger partial charge in [-0.2, -0.15) is 0 Å². The topological polar surface area (TPSA) is 29.9 Å². The highest BCUT2D eigenvalue weighted by molar-refractivity contribution is 9.10. The quantitative estimate of drug-likeness (QED) is 0.939. The number of hydrogen-bond donors (Lipinski definition) is 1. The van der Waals surface area contributed by atoms with E-state index < -0.39 is 0 Å². The van der Waals surface area contributed by atoms with Gasteiger partial charge in [-0.25, -0.2) is 4.98 Å². The lowest BCUT2D eigenvalue weighted by Crippen LogP contribution is -2.19. The van der Waals surface area contributed by atoms with Crippen LogP contribution in [0.2, 0.25) is 0 Å². The van der Waals surface area contributed by atoms with Gasteiger partial charge >= 0.3 is 0 Å². The van der Waals surface area contributed by atoms with E-state index in [1.165, 1.54) is 10.6 Å². The third kappa shape index (κ3) is 2.00. The van der Waals surface area contributed by atoms with Crippen LogP contribution in [0.1, 0.15) is 16.6 Å². The van der Waals surface area contributed by atoms with E-state index in [-0.39, 0.29) is 6.04 Å². The molecule has 1 atom stereocenters. The van der Waals surface area contributed by atoms with Gasteiger partial charge in [-0.15, -0.1) is 11.3 Å². The van der Waals surface area contributed by atoms with Crippen LogP contribution in [0.25, 0.3) is 0 Å². The number of thiophene rings is 1. The van der Waals surface area contributed by atoms with Crippen LogP contribution in [0.5, 0.6) is 0 Å². The molecule has 2 rings (SSSR count). The molecule has 0 amide bonds. The van der Waals surface area contributed by atoms with Gasteiger partial charge in [0, 0.05) is 16.4 Å². The molecule has 0 aromatic carbocycles. The summed E-state index contributed by atoms with van der Waals surface area (Å²) < 4.78 is 3.18. The summed E-state index contributed by atoms with van der Waals surface area (Å²) in [6.07, 6.45) is 3.72. The second-order valence-electron chi connectivity index (χ2n) is 3.28. The van der Waals surface area contributed by atoms with E-state index in [2.05, 4.69) is 37.7 Å². The van der Waals surface area contributed by atoms with Gasteiger partial charge in [-0.1, -0.05) is 0 Å². The van der Waals surface area contributed by atoms with E-state index >= 15 is 0 Å². The minimum atomic E-state index is 0.201. The van der Waals surface area contributed by atoms with Crippen molar-refractivity contribution >= 4 is 27.3 Å². The Labute approximate surface area is 101 Å². The van der Waals surface area contributed by atoms with Gasteiger partial charge in [-0.05, 0) is 34.4 Å². The summed E-state index contributed by atoms with van der Waals surface area (Å²) in [4.78, 5) is 5.42. The van der Waals surface area contributed by atoms with Crippen LogP contribution in [0.4, 0.5) is 0 Å². The Morgan fingerprint density at radius 3 is 2.87 bits per heavy atom. The van der Waals surface area contributed by atoms with Crippen molar-refractivity contribution < 1.29 is 0 Å². The van der Waals surface area contributed by atoms with E-state index in [0.29, 0.717) is 0 Å². The molecule has 0 fully saturated rings. The zero-order valence-corrected chi connectivity index (χ0v) is 11.0. The van der Waals surface area contributed by atoms with Crippen molar-refractivity contribution in [3.8, 4) is 0 Å². The molecule has 2 heterocycles. The number of nitrogens with zero attached hydrogens (tertiary/aromatic N) is 2. The fourth-order valence-corrected chi connectivity index (χ4v) is 3.29. The molecule has 0 saturated heterocycles. The van der Waals surface area contributed by atoms with Crippen molar-refractivity contribution in [2.45, 2.75) is 6.04 Å². The lowest BCUT2D eigenvalue weighted by molar-refractivity contribution is 0.645. The summed E-state index contributed by atoms with van der Waals surface area (Å²) in [6.45, 7) is 0. The molecule has 2 aromatic rings. The molecule has 0 aliphatic rings. The van der Waals surface area contributed by atoms with E-state index in [9.17, 15) is 0 Å². The minimum Gasteiger partial charge on any atom is -0.336 e. The number of hydrogen-bond acceptors (Lipinski definition) is 3. The average Bonchev–Trinajstić information content (AvgIpc) is 2.80. The van der Waals surface area contributed by atoms with Gasteiger partial charge in [0.2, 0.25) is 0 Å². The monoisotopic (exact) mass is 285 g/mol. The predicted molar refractivity (Wildman–Crippen MR) is 66.1 cm³/mol. The standard InChI is InChI=1S/C10H12BrN3S/c1-12-9(8-5-13-6-14(8)2)10-7(11)3-4-15-10/h3-6,9,12H,1-2H3. The molecule has 0 saturated carbocycles. The highest BCUT2D eigenvalue weighted by Crippen LogP contribution is 2.32. The number of rotatable bonds is 3. The number of imidazole rings is 1. The third-order valence-electron chi connectivity index (χ3n) is 2.35. The lowest BCUT2D eigenvalue weighted by atomic mass is 10.2. The van der Waals surface area contributed by atoms with Gasteiger partial charge in [0.15, 0.2) is 0 Å². The molecular formula is C10H12BrN3S. The number of nitrogens with one attached hydrogen (secondary N) is 1. The van der Waals surface area contributed by atoms with Crippen molar-refractivity contribution in [2.75, 3.05) is 7.05 Å². The first-order valence-electron chi connectivity index (χ1n) is 4.60. The summed E-state index contributed by atoms with van der Waals surface area (Å²) >= 11 is 5.30. The Bertz CT molecular complexity index is 409. The molecule has 1 unspecified atom stereocenters. The first-order valence-corrected chi connectivity index (χ1v) is 6.27. The Morgan fingerprint density at radius 2 is 2.40 bits per heavy atom. The van der Waals surface area contributed by atoms with Crippen molar-refractivity contribution in [1.29, 1.82) is 0 Å². The second kappa shape index (κ2) is 4.47. The van der Waals surface area contributed by atoms with Crippen LogP contribution < -0.4 is 5.32 Å². The van der Waals surface area contributed by atoms with Crippen LogP contribution in [-0.2, 0) is 7.05 Å². The van der Waals surface area contributed by atoms with Gasteiger partial charge in [-0.3, -0.25) is 0 Å². The number of aromatic nitrogens is 2. The van der Waals surface area contributed by atoms with Crippen molar-refractivity contribution in [1.82, 2.24) is 14.9 Å². The van der Waals surface area contributed by atoms with Crippen molar-refractivity contribution in [2.24, 2.45) is 7.05 Å². The van der Waals surface area contributed by atoms with Gasteiger partial charge in [0.1, 0.15) is 0 Å². The lowest BCUT2D eigenvalue weighted by Gasteiger charge is -2.15. The SMILES string of the molecule is CNC(c1sccc1Br)c1cncn1C. The minimum absolute atomic E-state index is 0.201. The molecular weight excluding hydrogens is 274 g/mol. The molecule has 0 spiro atoms. The molecule has 5 heteroatoms. The summed E-state index contributed by atoms with van der Waals surface area (Å²) in [5.74, 6) is 0. The number of halogens is 1. The van der Waals surface area contributed by atoms with Gasteiger partial charge < -0.3 is 9.88 Å². The Kier molecular flexibility index (Phi) is 3.23. The van der Waals surface area contributed by atoms with E-state index in [1.54, 1.807) is 11.3 Å². The largest absolute Gasteiger partial charge is 0.336 e. The summed E-state index contributed by atoms with van der Waals surface area (Å²) in [7, 11) is 3.97. The molecule has 0 aliphatic carbocycles. The molecule has 0 radical (unpaired) electrons. The molecule has 15 heavy (non-hydrogen) atoms. The third-order valence-corrected chi connectivity index (χ3v) is 4.28. The Hall–Kier alpha value is -0.650. The summed E-state index contributed by atoms with van der Waals surface area (Å²) in [5, 5.41) is 5.39. The Morgan fingerprint density at radius 1 is 1.60 bits per heavy atom. The molecule has 80 valence electrons. The van der Waals surface area contributed by atoms with Gasteiger partial charge in [0.05, 0.1) is 24.3 Å². The van der Waals surface area contributed by atoms with Crippen LogP contribution >= 0.6 is 27.3 Å². The predicted octanol–water partition coefficient (Wildman–Crippen LogP) is 2.55. The maximum atomic E-state index is 4.14. The van der Waals surface area contributed by atoms with Crippen LogP contribution in [-0.4, -0.2) is 16.6 Å². The molecule has 3 nitrogen and oxygen atoms in total. The van der Waals surface area contributed by atoms with E-state index in [0.717, 1.165) is 4.47 Å². The van der Waals surface area contributed by atoms with Crippen LogP contribution in [0.15, 0.2) is 28.4 Å². The van der Waals surface area contributed by atoms with E-state index in [1.807, 2.05) is 31.2 Å². The zero-order valence-electron chi connectivity index (χ0n) is 8.57. The summed E-state index contributed by atoms with van der Waals surface area (Å²) in [6, 6.07) is 2.27. The average molecular weight is 286 g/mol. The van der Waals surface area contributed by atoms with E-state index in [4.69, 9.17) is 0 Å². The summed E-state index contributed by atoms with van der Waals surface area (Å²) in [5.41, 5.74) is 1.17. The normalized spacial score (nSPS) is 13.0. The fraction of sp³-hybridized carbons (Fsp3) is 0.300. The first-order chi connectivity index (χ1) is 7.24. The highest BCUT2D eigenvalue weighted by Gasteiger charge is 2.18. The van der Waals surface area contributed by atoms with Crippen molar-refractivity contribution in [3.05, 3.63) is 39.0 Å². The van der Waals surface area contributed by atoms with Gasteiger partial charge in [0.25, 0.3) is 0 Å². The van der Waals surface area contributed by atoms with Crippen LogP contribution in [0, 0.1) is 0 Å². The first kappa shape index (κ1) is 10.9. The Balaban J connectivity index is 2.41. The zero-order chi connectivity index (χ0) is 10.8. The molecule has 2 aromatic heterocycles. The molecule has 1 N–H and O–H groups in total. The second-order valence-corrected chi connectivity index (χ2v) is 5.09. The smallest absolute Gasteiger partial charge is 0.0946 e. The number of aryl methyl sites for hydroxylation is 1. The highest BCUT2D eigenvalue weighted by atomic mass is 79.9. The fourth-order valence-electron chi connectivity index (χ4n) is 1.57. The molecule has 0 bridgehead atoms. The maximum Gasteiger partial charge on any atom is 0.0946 e.